The van der Waals surface area contributed by atoms with Crippen LogP contribution in [0.4, 0.5) is 0 Å². The molecule has 0 aliphatic heterocycles. The summed E-state index contributed by atoms with van der Waals surface area (Å²) in [4.78, 5) is 12.6. The fraction of sp³-hybridized carbons (Fsp3) is 0. The van der Waals surface area contributed by atoms with Gasteiger partial charge in [-0.1, -0.05) is 0 Å². The highest BCUT2D eigenvalue weighted by Gasteiger charge is 1.87. The third-order valence-electron chi connectivity index (χ3n) is 0.797. The Kier molecular flexibility index (Phi) is 2.47. The van der Waals surface area contributed by atoms with Gasteiger partial charge in [-0.25, -0.2) is 0 Å². The van der Waals surface area contributed by atoms with Gasteiger partial charge >= 0.3 is 0 Å². The Balaban J connectivity index is 0.000000640. The second-order valence-electron chi connectivity index (χ2n) is 1.38. The number of pyridine rings is 1. The van der Waals surface area contributed by atoms with Crippen molar-refractivity contribution in [2.24, 2.45) is 0 Å². The first-order chi connectivity index (χ1) is 3.80. The van der Waals surface area contributed by atoms with Crippen LogP contribution in [0.3, 0.4) is 0 Å². The number of hydrogen-bond acceptors (Lipinski definition) is 3. The number of hydrogen-bond donors (Lipinski definition) is 3. The Hall–Kier alpha value is -1.29. The number of nitrogens with one attached hydrogen (secondary N) is 1. The van der Waals surface area contributed by atoms with Crippen LogP contribution in [0, 0.1) is 0 Å². The molecule has 9 heavy (non-hydrogen) atoms. The molecule has 0 aromatic carbocycles. The average molecular weight is 128 g/mol. The van der Waals surface area contributed by atoms with Crippen LogP contribution in [0.15, 0.2) is 23.1 Å². The fourth-order valence-electron chi connectivity index (χ4n) is 0.413. The molecule has 0 spiro atoms. The molecular weight excluding hydrogens is 120 g/mol. The van der Waals surface area contributed by atoms with Crippen molar-refractivity contribution in [1.82, 2.24) is 11.1 Å². The summed E-state index contributed by atoms with van der Waals surface area (Å²) >= 11 is 0. The van der Waals surface area contributed by atoms with E-state index in [-0.39, 0.29) is 11.9 Å². The number of rotatable bonds is 0. The minimum Gasteiger partial charge on any atom is -0.503 e. The highest BCUT2D eigenvalue weighted by Crippen LogP contribution is 1.92. The minimum absolute atomic E-state index is 0. The summed E-state index contributed by atoms with van der Waals surface area (Å²) < 4.78 is 0. The van der Waals surface area contributed by atoms with E-state index in [9.17, 15) is 4.79 Å². The molecule has 4 nitrogen and oxygen atoms in total. The fourth-order valence-corrected chi connectivity index (χ4v) is 0.413. The van der Waals surface area contributed by atoms with E-state index in [0.717, 1.165) is 0 Å². The van der Waals surface area contributed by atoms with Crippen molar-refractivity contribution in [1.29, 1.82) is 0 Å². The van der Waals surface area contributed by atoms with Crippen molar-refractivity contribution in [3.05, 3.63) is 28.7 Å². The predicted octanol–water partition coefficient (Wildman–Crippen LogP) is 0.242. The maximum Gasteiger partial charge on any atom is 0.290 e. The molecule has 0 bridgehead atoms. The lowest BCUT2D eigenvalue weighted by Crippen LogP contribution is -2.01. The van der Waals surface area contributed by atoms with Crippen LogP contribution in [0.25, 0.3) is 0 Å². The van der Waals surface area contributed by atoms with Gasteiger partial charge in [0.05, 0.1) is 0 Å². The summed E-state index contributed by atoms with van der Waals surface area (Å²) in [6.45, 7) is 0. The zero-order chi connectivity index (χ0) is 5.98. The van der Waals surface area contributed by atoms with Gasteiger partial charge in [0, 0.05) is 6.20 Å². The molecule has 5 N–H and O–H groups in total. The third kappa shape index (κ3) is 1.58. The van der Waals surface area contributed by atoms with Crippen molar-refractivity contribution in [3.63, 3.8) is 0 Å². The van der Waals surface area contributed by atoms with Gasteiger partial charge in [0.15, 0.2) is 5.75 Å². The molecule has 0 saturated heterocycles. The van der Waals surface area contributed by atoms with E-state index >= 15 is 0 Å². The van der Waals surface area contributed by atoms with Gasteiger partial charge in [-0.3, -0.25) is 4.79 Å². The maximum atomic E-state index is 10.3. The lowest BCUT2D eigenvalue weighted by atomic mass is 10.5. The SMILES string of the molecule is N.O=c1[nH]cccc1O. The zero-order valence-corrected chi connectivity index (χ0v) is 4.79. The monoisotopic (exact) mass is 128 g/mol. The van der Waals surface area contributed by atoms with Gasteiger partial charge in [-0.15, -0.1) is 0 Å². The van der Waals surface area contributed by atoms with Gasteiger partial charge in [0.1, 0.15) is 0 Å². The quantitative estimate of drug-likeness (QED) is 0.467. The van der Waals surface area contributed by atoms with Crippen LogP contribution in [0.5, 0.6) is 5.75 Å². The van der Waals surface area contributed by atoms with Gasteiger partial charge < -0.3 is 16.2 Å². The summed E-state index contributed by atoms with van der Waals surface area (Å²) in [5.41, 5.74) is -0.451. The van der Waals surface area contributed by atoms with E-state index in [1.54, 1.807) is 6.07 Å². The lowest BCUT2D eigenvalue weighted by molar-refractivity contribution is 0.466. The number of aromatic hydroxyl groups is 1. The molecule has 1 heterocycles. The first kappa shape index (κ1) is 7.71. The van der Waals surface area contributed by atoms with Gasteiger partial charge in [-0.05, 0) is 12.1 Å². The number of aromatic nitrogens is 1. The summed E-state index contributed by atoms with van der Waals surface area (Å²) in [6, 6.07) is 2.88. The summed E-state index contributed by atoms with van der Waals surface area (Å²) in [6.07, 6.45) is 1.46. The maximum absolute atomic E-state index is 10.3. The Morgan fingerprint density at radius 2 is 2.22 bits per heavy atom. The van der Waals surface area contributed by atoms with Crippen molar-refractivity contribution < 1.29 is 5.11 Å². The molecule has 1 rings (SSSR count). The first-order valence-corrected chi connectivity index (χ1v) is 2.17. The average Bonchev–Trinajstić information content (AvgIpc) is 1.77. The molecule has 0 unspecified atom stereocenters. The third-order valence-corrected chi connectivity index (χ3v) is 0.797. The van der Waals surface area contributed by atoms with Crippen LogP contribution < -0.4 is 11.7 Å². The molecule has 0 radical (unpaired) electrons. The topological polar surface area (TPSA) is 88.1 Å². The largest absolute Gasteiger partial charge is 0.503 e. The second kappa shape index (κ2) is 2.88. The molecule has 0 amide bonds. The Labute approximate surface area is 51.7 Å². The molecule has 50 valence electrons. The van der Waals surface area contributed by atoms with E-state index in [1.165, 1.54) is 12.3 Å². The number of aromatic amines is 1. The van der Waals surface area contributed by atoms with E-state index in [1.807, 2.05) is 0 Å². The van der Waals surface area contributed by atoms with E-state index in [0.29, 0.717) is 0 Å². The van der Waals surface area contributed by atoms with Gasteiger partial charge in [-0.2, -0.15) is 0 Å². The van der Waals surface area contributed by atoms with Crippen LogP contribution in [0.1, 0.15) is 0 Å². The first-order valence-electron chi connectivity index (χ1n) is 2.17. The Morgan fingerprint density at radius 1 is 1.56 bits per heavy atom. The molecule has 1 aromatic rings. The van der Waals surface area contributed by atoms with Crippen LogP contribution in [-0.4, -0.2) is 10.1 Å². The predicted molar refractivity (Wildman–Crippen MR) is 33.7 cm³/mol. The van der Waals surface area contributed by atoms with Crippen LogP contribution in [0.2, 0.25) is 0 Å². The highest BCUT2D eigenvalue weighted by atomic mass is 16.3. The van der Waals surface area contributed by atoms with Crippen LogP contribution >= 0.6 is 0 Å². The summed E-state index contributed by atoms with van der Waals surface area (Å²) in [5.74, 6) is -0.243. The molecule has 4 heteroatoms. The Morgan fingerprint density at radius 3 is 2.56 bits per heavy atom. The molecule has 0 saturated carbocycles. The highest BCUT2D eigenvalue weighted by molar-refractivity contribution is 5.12. The van der Waals surface area contributed by atoms with Gasteiger partial charge in [0.25, 0.3) is 5.56 Å². The van der Waals surface area contributed by atoms with Crippen molar-refractivity contribution >= 4 is 0 Å². The molecule has 1 aromatic heterocycles. The zero-order valence-electron chi connectivity index (χ0n) is 4.79. The molecular formula is C5H8N2O2. The smallest absolute Gasteiger partial charge is 0.290 e. The lowest BCUT2D eigenvalue weighted by Gasteiger charge is -1.83. The minimum atomic E-state index is -0.451. The molecule has 0 atom stereocenters. The van der Waals surface area contributed by atoms with Gasteiger partial charge in [0.2, 0.25) is 0 Å². The van der Waals surface area contributed by atoms with E-state index in [2.05, 4.69) is 4.98 Å². The van der Waals surface area contributed by atoms with Crippen LogP contribution in [-0.2, 0) is 0 Å². The van der Waals surface area contributed by atoms with E-state index < -0.39 is 5.56 Å². The molecule has 0 aliphatic carbocycles. The molecule has 0 fully saturated rings. The Bertz CT molecular complexity index is 230. The van der Waals surface area contributed by atoms with E-state index in [4.69, 9.17) is 5.11 Å². The summed E-state index contributed by atoms with van der Waals surface area (Å²) in [5, 5.41) is 8.58. The van der Waals surface area contributed by atoms with Crippen molar-refractivity contribution in [3.8, 4) is 5.75 Å². The van der Waals surface area contributed by atoms with Crippen molar-refractivity contribution in [2.45, 2.75) is 0 Å². The second-order valence-corrected chi connectivity index (χ2v) is 1.38. The van der Waals surface area contributed by atoms with Crippen molar-refractivity contribution in [2.75, 3.05) is 0 Å². The molecule has 0 aliphatic rings. The summed E-state index contributed by atoms with van der Waals surface area (Å²) in [7, 11) is 0. The normalized spacial score (nSPS) is 8.00. The number of H-pyrrole nitrogens is 1. The standard InChI is InChI=1S/C5H5NO2.H3N/c7-4-2-1-3-6-5(4)8;/h1-3,7H,(H,6,8);1H3.